The summed E-state index contributed by atoms with van der Waals surface area (Å²) in [7, 11) is 0. The molecule has 1 aromatic carbocycles. The highest BCUT2D eigenvalue weighted by molar-refractivity contribution is 7.99. The summed E-state index contributed by atoms with van der Waals surface area (Å²) in [5.74, 6) is 0.659. The number of benzene rings is 1. The molecule has 0 aliphatic carbocycles. The maximum atomic E-state index is 13.1. The normalized spacial score (nSPS) is 11.1. The average Bonchev–Trinajstić information content (AvgIpc) is 3.39. The molecule has 29 heavy (non-hydrogen) atoms. The number of aromatic nitrogens is 2. The molecule has 0 aliphatic rings. The maximum absolute atomic E-state index is 13.1. The number of aryl methyl sites for hydroxylation is 1. The van der Waals surface area contributed by atoms with Gasteiger partial charge in [-0.15, -0.1) is 11.3 Å². The molecule has 3 aromatic heterocycles. The molecule has 0 fully saturated rings. The van der Waals surface area contributed by atoms with Gasteiger partial charge in [-0.05, 0) is 36.8 Å². The van der Waals surface area contributed by atoms with Gasteiger partial charge in [-0.3, -0.25) is 14.2 Å². The highest BCUT2D eigenvalue weighted by Gasteiger charge is 2.16. The van der Waals surface area contributed by atoms with Crippen molar-refractivity contribution in [3.8, 4) is 0 Å². The van der Waals surface area contributed by atoms with Gasteiger partial charge in [-0.2, -0.15) is 0 Å². The fraction of sp³-hybridized carbons (Fsp3) is 0.190. The number of carbonyl (C=O) groups is 1. The Kier molecular flexibility index (Phi) is 5.82. The number of thiophene rings is 1. The van der Waals surface area contributed by atoms with Crippen molar-refractivity contribution >= 4 is 44.9 Å². The fourth-order valence-electron chi connectivity index (χ4n) is 2.88. The highest BCUT2D eigenvalue weighted by Crippen LogP contribution is 2.25. The van der Waals surface area contributed by atoms with Crippen LogP contribution in [0.25, 0.3) is 10.2 Å². The molecule has 4 rings (SSSR count). The topological polar surface area (TPSA) is 77.1 Å². The largest absolute Gasteiger partial charge is 0.467 e. The molecule has 0 bridgehead atoms. The fourth-order valence-corrected chi connectivity index (χ4v) is 4.69. The van der Waals surface area contributed by atoms with Gasteiger partial charge in [0, 0.05) is 10.6 Å². The zero-order valence-corrected chi connectivity index (χ0v) is 17.4. The number of amides is 1. The Balaban J connectivity index is 1.62. The summed E-state index contributed by atoms with van der Waals surface area (Å²) >= 11 is 2.76. The Hall–Kier alpha value is -2.84. The maximum Gasteiger partial charge on any atom is 0.263 e. The number of anilines is 1. The predicted octanol–water partition coefficient (Wildman–Crippen LogP) is 4.39. The quantitative estimate of drug-likeness (QED) is 0.351. The summed E-state index contributed by atoms with van der Waals surface area (Å²) < 4.78 is 6.99. The van der Waals surface area contributed by atoms with E-state index in [9.17, 15) is 9.59 Å². The van der Waals surface area contributed by atoms with Gasteiger partial charge >= 0.3 is 0 Å². The van der Waals surface area contributed by atoms with Gasteiger partial charge in [0.15, 0.2) is 5.16 Å². The van der Waals surface area contributed by atoms with Gasteiger partial charge in [-0.1, -0.05) is 36.9 Å². The van der Waals surface area contributed by atoms with Crippen molar-refractivity contribution in [3.05, 3.63) is 75.8 Å². The van der Waals surface area contributed by atoms with E-state index >= 15 is 0 Å². The first-order valence-corrected chi connectivity index (χ1v) is 11.0. The number of furan rings is 1. The van der Waals surface area contributed by atoms with Crippen LogP contribution >= 0.6 is 23.1 Å². The van der Waals surface area contributed by atoms with Crippen LogP contribution in [0.3, 0.4) is 0 Å². The van der Waals surface area contributed by atoms with Crippen LogP contribution in [-0.4, -0.2) is 21.2 Å². The molecule has 0 aliphatic heterocycles. The first kappa shape index (κ1) is 19.5. The number of hydrogen-bond donors (Lipinski definition) is 1. The Bertz CT molecular complexity index is 1180. The van der Waals surface area contributed by atoms with Crippen LogP contribution in [0.15, 0.2) is 69.2 Å². The van der Waals surface area contributed by atoms with Crippen LogP contribution in [0.2, 0.25) is 0 Å². The lowest BCUT2D eigenvalue weighted by molar-refractivity contribution is -0.113. The van der Waals surface area contributed by atoms with Crippen LogP contribution < -0.4 is 10.9 Å². The van der Waals surface area contributed by atoms with E-state index < -0.39 is 0 Å². The summed E-state index contributed by atoms with van der Waals surface area (Å²) in [5, 5.41) is 3.97. The molecule has 1 amide bonds. The van der Waals surface area contributed by atoms with E-state index in [0.717, 1.165) is 17.0 Å². The lowest BCUT2D eigenvalue weighted by Gasteiger charge is -2.11. The van der Waals surface area contributed by atoms with E-state index in [1.54, 1.807) is 16.9 Å². The molecule has 6 nitrogen and oxygen atoms in total. The van der Waals surface area contributed by atoms with Gasteiger partial charge in [0.1, 0.15) is 10.6 Å². The van der Waals surface area contributed by atoms with Gasteiger partial charge in [-0.25, -0.2) is 4.98 Å². The van der Waals surface area contributed by atoms with Crippen LogP contribution in [0.4, 0.5) is 5.69 Å². The predicted molar refractivity (Wildman–Crippen MR) is 117 cm³/mol. The van der Waals surface area contributed by atoms with Gasteiger partial charge in [0.05, 0.1) is 23.9 Å². The van der Waals surface area contributed by atoms with Crippen LogP contribution in [0, 0.1) is 0 Å². The average molecular weight is 426 g/mol. The molecular weight excluding hydrogens is 406 g/mol. The van der Waals surface area contributed by atoms with E-state index in [-0.39, 0.29) is 23.8 Å². The molecule has 0 saturated carbocycles. The SMILES string of the molecule is CCc1cc2c(=O)n(Cc3ccco3)c(SCC(=O)Nc3ccccc3)nc2s1. The van der Waals surface area contributed by atoms with E-state index in [2.05, 4.69) is 17.2 Å². The van der Waals surface area contributed by atoms with E-state index in [0.29, 0.717) is 21.1 Å². The second kappa shape index (κ2) is 8.67. The van der Waals surface area contributed by atoms with E-state index in [4.69, 9.17) is 4.42 Å². The van der Waals surface area contributed by atoms with Crippen molar-refractivity contribution < 1.29 is 9.21 Å². The summed E-state index contributed by atoms with van der Waals surface area (Å²) in [5.41, 5.74) is 0.619. The molecule has 0 saturated heterocycles. The smallest absolute Gasteiger partial charge is 0.263 e. The second-order valence-electron chi connectivity index (χ2n) is 6.35. The zero-order chi connectivity index (χ0) is 20.2. The number of para-hydroxylation sites is 1. The standard InChI is InChI=1S/C21H19N3O3S2/c1-2-16-11-17-19(29-16)23-21(24(20(17)26)12-15-9-6-10-27-15)28-13-18(25)22-14-7-4-3-5-8-14/h3-11H,2,12-13H2,1H3,(H,22,25). The first-order valence-electron chi connectivity index (χ1n) is 9.17. The number of thioether (sulfide) groups is 1. The number of hydrogen-bond acceptors (Lipinski definition) is 6. The van der Waals surface area contributed by atoms with Crippen molar-refractivity contribution in [2.75, 3.05) is 11.1 Å². The minimum absolute atomic E-state index is 0.117. The molecule has 3 heterocycles. The van der Waals surface area contributed by atoms with Gasteiger partial charge in [0.25, 0.3) is 5.56 Å². The Labute approximate surface area is 175 Å². The number of rotatable bonds is 7. The molecular formula is C21H19N3O3S2. The van der Waals surface area contributed by atoms with Crippen LogP contribution in [0.5, 0.6) is 0 Å². The molecule has 0 unspecified atom stereocenters. The van der Waals surface area contributed by atoms with Crippen LogP contribution in [-0.2, 0) is 17.8 Å². The number of carbonyl (C=O) groups excluding carboxylic acids is 1. The number of fused-ring (bicyclic) bond motifs is 1. The Morgan fingerprint density at radius 1 is 1.24 bits per heavy atom. The molecule has 8 heteroatoms. The number of nitrogens with one attached hydrogen (secondary N) is 1. The van der Waals surface area contributed by atoms with E-state index in [1.807, 2.05) is 42.5 Å². The van der Waals surface area contributed by atoms with Crippen molar-refractivity contribution in [1.82, 2.24) is 9.55 Å². The third-order valence-electron chi connectivity index (χ3n) is 4.30. The summed E-state index contributed by atoms with van der Waals surface area (Å²) in [6.45, 7) is 2.32. The molecule has 148 valence electrons. The third kappa shape index (κ3) is 4.44. The monoisotopic (exact) mass is 425 g/mol. The van der Waals surface area contributed by atoms with Gasteiger partial charge in [0.2, 0.25) is 5.91 Å². The molecule has 0 radical (unpaired) electrons. The lowest BCUT2D eigenvalue weighted by atomic mass is 10.3. The summed E-state index contributed by atoms with van der Waals surface area (Å²) in [6, 6.07) is 14.8. The summed E-state index contributed by atoms with van der Waals surface area (Å²) in [4.78, 5) is 32.0. The van der Waals surface area contributed by atoms with Crippen LogP contribution in [0.1, 0.15) is 17.6 Å². The lowest BCUT2D eigenvalue weighted by Crippen LogP contribution is -2.24. The molecule has 0 atom stereocenters. The Morgan fingerprint density at radius 2 is 2.07 bits per heavy atom. The van der Waals surface area contributed by atoms with Crippen molar-refractivity contribution in [2.24, 2.45) is 0 Å². The zero-order valence-electron chi connectivity index (χ0n) is 15.8. The minimum atomic E-state index is -0.152. The number of nitrogens with zero attached hydrogens (tertiary/aromatic N) is 2. The van der Waals surface area contributed by atoms with Gasteiger partial charge < -0.3 is 9.73 Å². The van der Waals surface area contributed by atoms with Crippen molar-refractivity contribution in [3.63, 3.8) is 0 Å². The highest BCUT2D eigenvalue weighted by atomic mass is 32.2. The first-order chi connectivity index (χ1) is 14.1. The minimum Gasteiger partial charge on any atom is -0.467 e. The molecule has 0 spiro atoms. The molecule has 1 N–H and O–H groups in total. The summed E-state index contributed by atoms with van der Waals surface area (Å²) in [6.07, 6.45) is 2.42. The third-order valence-corrected chi connectivity index (χ3v) is 6.45. The molecule has 4 aromatic rings. The van der Waals surface area contributed by atoms with Crippen molar-refractivity contribution in [2.45, 2.75) is 25.0 Å². The van der Waals surface area contributed by atoms with E-state index in [1.165, 1.54) is 23.1 Å². The Morgan fingerprint density at radius 3 is 2.79 bits per heavy atom. The van der Waals surface area contributed by atoms with Crippen molar-refractivity contribution in [1.29, 1.82) is 0 Å². The second-order valence-corrected chi connectivity index (χ2v) is 8.41.